The molecule has 1 rings (SSSR count). The molecule has 9 heteroatoms. The molecule has 0 saturated heterocycles. The maximum absolute atomic E-state index is 12.4. The summed E-state index contributed by atoms with van der Waals surface area (Å²) in [6, 6.07) is 1.21. The molecule has 0 bridgehead atoms. The first-order chi connectivity index (χ1) is 7.82. The predicted octanol–water partition coefficient (Wildman–Crippen LogP) is 0.574. The summed E-state index contributed by atoms with van der Waals surface area (Å²) in [6.07, 6.45) is -5.37. The quantitative estimate of drug-likeness (QED) is 0.461. The number of rotatable bonds is 4. The molecule has 6 nitrogen and oxygen atoms in total. The van der Waals surface area contributed by atoms with Crippen LogP contribution >= 0.6 is 0 Å². The van der Waals surface area contributed by atoms with Gasteiger partial charge >= 0.3 is 6.18 Å². The van der Waals surface area contributed by atoms with E-state index in [0.717, 1.165) is 0 Å². The molecule has 0 spiro atoms. The van der Waals surface area contributed by atoms with Gasteiger partial charge in [-0.1, -0.05) is 0 Å². The number of nitrogens with one attached hydrogen (secondary N) is 2. The van der Waals surface area contributed by atoms with Crippen molar-refractivity contribution in [2.24, 2.45) is 5.84 Å². The van der Waals surface area contributed by atoms with E-state index >= 15 is 0 Å². The molecule has 0 fully saturated rings. The van der Waals surface area contributed by atoms with Gasteiger partial charge in [0.15, 0.2) is 0 Å². The van der Waals surface area contributed by atoms with Crippen molar-refractivity contribution in [2.75, 3.05) is 17.3 Å². The zero-order valence-corrected chi connectivity index (χ0v) is 8.91. The number of aromatic nitrogens is 2. The first-order valence-electron chi connectivity index (χ1n) is 4.67. The molecule has 0 aromatic carbocycles. The highest BCUT2D eigenvalue weighted by atomic mass is 19.4. The average molecular weight is 251 g/mol. The fourth-order valence-electron chi connectivity index (χ4n) is 0.991. The Morgan fingerprint density at radius 1 is 1.41 bits per heavy atom. The molecule has 1 heterocycles. The molecular formula is C8H12F3N5O. The third kappa shape index (κ3) is 4.04. The number of aliphatic hydroxyl groups excluding tert-OH is 1. The Morgan fingerprint density at radius 2 is 2.00 bits per heavy atom. The number of anilines is 2. The molecule has 96 valence electrons. The Morgan fingerprint density at radius 3 is 2.47 bits per heavy atom. The Labute approximate surface area is 95.0 Å². The second kappa shape index (κ2) is 5.15. The number of nitrogen functional groups attached to an aromatic ring is 1. The number of hydrazine groups is 1. The van der Waals surface area contributed by atoms with Crippen LogP contribution in [0, 0.1) is 0 Å². The highest BCUT2D eigenvalue weighted by molar-refractivity contribution is 5.47. The summed E-state index contributed by atoms with van der Waals surface area (Å²) >= 11 is 0. The monoisotopic (exact) mass is 251 g/mol. The van der Waals surface area contributed by atoms with E-state index in [4.69, 9.17) is 10.9 Å². The lowest BCUT2D eigenvalue weighted by Crippen LogP contribution is -2.20. The topological polar surface area (TPSA) is 96.1 Å². The van der Waals surface area contributed by atoms with E-state index < -0.39 is 18.1 Å². The minimum atomic E-state index is -4.66. The number of halogens is 3. The summed E-state index contributed by atoms with van der Waals surface area (Å²) in [5, 5.41) is 11.5. The maximum atomic E-state index is 12.4. The van der Waals surface area contributed by atoms with Gasteiger partial charge in [-0.05, 0) is 6.92 Å². The molecule has 17 heavy (non-hydrogen) atoms. The van der Waals surface area contributed by atoms with Crippen molar-refractivity contribution < 1.29 is 18.3 Å². The predicted molar refractivity (Wildman–Crippen MR) is 55.0 cm³/mol. The van der Waals surface area contributed by atoms with E-state index in [1.54, 1.807) is 0 Å². The third-order valence-corrected chi connectivity index (χ3v) is 1.71. The maximum Gasteiger partial charge on any atom is 0.451 e. The minimum absolute atomic E-state index is 0.0678. The van der Waals surface area contributed by atoms with E-state index in [0.29, 0.717) is 0 Å². The largest absolute Gasteiger partial charge is 0.451 e. The van der Waals surface area contributed by atoms with Gasteiger partial charge in [0.2, 0.25) is 5.82 Å². The summed E-state index contributed by atoms with van der Waals surface area (Å²) in [5.74, 6) is 3.46. The molecule has 0 radical (unpaired) electrons. The molecule has 1 aromatic heterocycles. The second-order valence-electron chi connectivity index (χ2n) is 3.33. The van der Waals surface area contributed by atoms with Crippen LogP contribution in [-0.2, 0) is 6.18 Å². The van der Waals surface area contributed by atoms with Gasteiger partial charge in [-0.15, -0.1) is 0 Å². The van der Waals surface area contributed by atoms with Crippen molar-refractivity contribution in [2.45, 2.75) is 19.2 Å². The molecule has 1 atom stereocenters. The summed E-state index contributed by atoms with van der Waals surface area (Å²) in [6.45, 7) is 1.55. The van der Waals surface area contributed by atoms with Gasteiger partial charge < -0.3 is 15.8 Å². The fourth-order valence-corrected chi connectivity index (χ4v) is 0.991. The van der Waals surface area contributed by atoms with Gasteiger partial charge in [0, 0.05) is 12.6 Å². The summed E-state index contributed by atoms with van der Waals surface area (Å²) in [5.41, 5.74) is 2.01. The molecule has 1 aromatic rings. The van der Waals surface area contributed by atoms with Gasteiger partial charge in [0.25, 0.3) is 0 Å². The second-order valence-corrected chi connectivity index (χ2v) is 3.33. The van der Waals surface area contributed by atoms with E-state index in [1.165, 1.54) is 13.0 Å². The highest BCUT2D eigenvalue weighted by Crippen LogP contribution is 2.28. The lowest BCUT2D eigenvalue weighted by molar-refractivity contribution is -0.144. The summed E-state index contributed by atoms with van der Waals surface area (Å²) < 4.78 is 37.2. The third-order valence-electron chi connectivity index (χ3n) is 1.71. The van der Waals surface area contributed by atoms with E-state index in [2.05, 4.69) is 15.3 Å². The van der Waals surface area contributed by atoms with Crippen LogP contribution in [-0.4, -0.2) is 27.7 Å². The molecule has 0 saturated carbocycles. The van der Waals surface area contributed by atoms with Crippen molar-refractivity contribution in [3.05, 3.63) is 11.9 Å². The normalized spacial score (nSPS) is 13.3. The van der Waals surface area contributed by atoms with Crippen LogP contribution in [0.3, 0.4) is 0 Å². The van der Waals surface area contributed by atoms with Crippen molar-refractivity contribution in [3.8, 4) is 0 Å². The zero-order valence-electron chi connectivity index (χ0n) is 8.91. The molecule has 0 aliphatic rings. The minimum Gasteiger partial charge on any atom is -0.392 e. The Kier molecular flexibility index (Phi) is 4.07. The van der Waals surface area contributed by atoms with Gasteiger partial charge in [-0.25, -0.2) is 15.8 Å². The molecule has 0 aliphatic heterocycles. The highest BCUT2D eigenvalue weighted by Gasteiger charge is 2.35. The van der Waals surface area contributed by atoms with Crippen molar-refractivity contribution in [1.29, 1.82) is 0 Å². The number of hydrogen-bond acceptors (Lipinski definition) is 6. The fraction of sp³-hybridized carbons (Fsp3) is 0.500. The van der Waals surface area contributed by atoms with E-state index in [9.17, 15) is 13.2 Å². The van der Waals surface area contributed by atoms with E-state index in [-0.39, 0.29) is 18.2 Å². The number of alkyl halides is 3. The van der Waals surface area contributed by atoms with Gasteiger partial charge in [0.05, 0.1) is 6.10 Å². The van der Waals surface area contributed by atoms with Crippen LogP contribution in [0.15, 0.2) is 6.07 Å². The Bertz CT molecular complexity index is 382. The first-order valence-corrected chi connectivity index (χ1v) is 4.67. The number of nitrogens with two attached hydrogens (primary N) is 1. The first kappa shape index (κ1) is 13.5. The van der Waals surface area contributed by atoms with Crippen molar-refractivity contribution in [3.63, 3.8) is 0 Å². The average Bonchev–Trinajstić information content (AvgIpc) is 2.24. The van der Waals surface area contributed by atoms with Gasteiger partial charge in [0.1, 0.15) is 11.6 Å². The molecule has 0 amide bonds. The van der Waals surface area contributed by atoms with E-state index in [1.807, 2.05) is 5.43 Å². The smallest absolute Gasteiger partial charge is 0.392 e. The Hall–Kier alpha value is -1.61. The molecule has 5 N–H and O–H groups in total. The van der Waals surface area contributed by atoms with Crippen LogP contribution in [0.1, 0.15) is 12.7 Å². The SMILES string of the molecule is CC(O)CNc1cc(NN)nc(C(F)(F)F)n1. The lowest BCUT2D eigenvalue weighted by atomic mass is 10.4. The van der Waals surface area contributed by atoms with Crippen LogP contribution in [0.4, 0.5) is 24.8 Å². The number of nitrogens with zero attached hydrogens (tertiary/aromatic N) is 2. The molecule has 1 unspecified atom stereocenters. The Balaban J connectivity index is 2.97. The van der Waals surface area contributed by atoms with Crippen LogP contribution in [0.5, 0.6) is 0 Å². The standard InChI is InChI=1S/C8H12F3N5O/c1-4(17)3-13-5-2-6(16-12)15-7(14-5)8(9,10)11/h2,4,17H,3,12H2,1H3,(H2,13,14,15,16). The van der Waals surface area contributed by atoms with Crippen molar-refractivity contribution in [1.82, 2.24) is 9.97 Å². The van der Waals surface area contributed by atoms with Crippen LogP contribution in [0.2, 0.25) is 0 Å². The summed E-state index contributed by atoms with van der Waals surface area (Å²) in [7, 11) is 0. The van der Waals surface area contributed by atoms with Gasteiger partial charge in [-0.3, -0.25) is 0 Å². The zero-order chi connectivity index (χ0) is 13.1. The van der Waals surface area contributed by atoms with Crippen LogP contribution < -0.4 is 16.6 Å². The number of aliphatic hydroxyl groups is 1. The number of hydrogen-bond donors (Lipinski definition) is 4. The molecule has 0 aliphatic carbocycles. The lowest BCUT2D eigenvalue weighted by Gasteiger charge is -2.12. The summed E-state index contributed by atoms with van der Waals surface area (Å²) in [4.78, 5) is 6.45. The van der Waals surface area contributed by atoms with Crippen molar-refractivity contribution >= 4 is 11.6 Å². The molecular weight excluding hydrogens is 239 g/mol. The van der Waals surface area contributed by atoms with Gasteiger partial charge in [-0.2, -0.15) is 13.2 Å². The van der Waals surface area contributed by atoms with Crippen LogP contribution in [0.25, 0.3) is 0 Å².